The summed E-state index contributed by atoms with van der Waals surface area (Å²) in [5, 5.41) is 2.95. The second kappa shape index (κ2) is 8.73. The van der Waals surface area contributed by atoms with Crippen molar-refractivity contribution in [2.45, 2.75) is 25.9 Å². The Morgan fingerprint density at radius 2 is 2.00 bits per heavy atom. The molecule has 1 aromatic heterocycles. The molecule has 0 saturated carbocycles. The summed E-state index contributed by atoms with van der Waals surface area (Å²) in [7, 11) is 1.32. The van der Waals surface area contributed by atoms with Gasteiger partial charge in [-0.05, 0) is 24.6 Å². The van der Waals surface area contributed by atoms with E-state index >= 15 is 0 Å². The van der Waals surface area contributed by atoms with Crippen molar-refractivity contribution in [1.82, 2.24) is 10.2 Å². The highest BCUT2D eigenvalue weighted by Crippen LogP contribution is 2.26. The molecular weight excluding hydrogens is 360 g/mol. The minimum absolute atomic E-state index is 0.0890. The van der Waals surface area contributed by atoms with Crippen LogP contribution in [-0.2, 0) is 25.7 Å². The van der Waals surface area contributed by atoms with Gasteiger partial charge in [0, 0.05) is 13.0 Å². The fraction of sp³-hybridized carbons (Fsp3) is 0.381. The Morgan fingerprint density at radius 3 is 2.64 bits per heavy atom. The van der Waals surface area contributed by atoms with Crippen LogP contribution in [0, 0.1) is 11.8 Å². The van der Waals surface area contributed by atoms with Gasteiger partial charge in [0.2, 0.25) is 11.8 Å². The first kappa shape index (κ1) is 19.7. The number of benzene rings is 1. The minimum Gasteiger partial charge on any atom is -0.469 e. The summed E-state index contributed by atoms with van der Waals surface area (Å²) < 4.78 is 10.1. The lowest BCUT2D eigenvalue weighted by atomic mass is 9.93. The molecule has 7 nitrogen and oxygen atoms in total. The van der Waals surface area contributed by atoms with Crippen molar-refractivity contribution in [2.24, 2.45) is 11.8 Å². The number of ether oxygens (including phenoxy) is 1. The van der Waals surface area contributed by atoms with E-state index in [2.05, 4.69) is 5.32 Å². The lowest BCUT2D eigenvalue weighted by Gasteiger charge is -2.25. The number of hydrogen-bond acceptors (Lipinski definition) is 5. The molecule has 0 bridgehead atoms. The van der Waals surface area contributed by atoms with Gasteiger partial charge in [-0.3, -0.25) is 14.4 Å². The summed E-state index contributed by atoms with van der Waals surface area (Å²) in [4.78, 5) is 38.8. The number of methoxy groups -OCH3 is 1. The number of nitrogens with one attached hydrogen (secondary N) is 1. The molecule has 1 saturated heterocycles. The van der Waals surface area contributed by atoms with E-state index in [0.717, 1.165) is 5.56 Å². The molecule has 3 rings (SSSR count). The van der Waals surface area contributed by atoms with Gasteiger partial charge in [0.05, 0.1) is 37.8 Å². The van der Waals surface area contributed by atoms with Gasteiger partial charge in [-0.15, -0.1) is 0 Å². The van der Waals surface area contributed by atoms with Crippen LogP contribution in [0.25, 0.3) is 0 Å². The lowest BCUT2D eigenvalue weighted by Crippen LogP contribution is -2.40. The van der Waals surface area contributed by atoms with Crippen molar-refractivity contribution >= 4 is 17.8 Å². The Labute approximate surface area is 163 Å². The average Bonchev–Trinajstić information content (AvgIpc) is 3.36. The lowest BCUT2D eigenvalue weighted by molar-refractivity contribution is -0.146. The minimum atomic E-state index is -0.562. The van der Waals surface area contributed by atoms with Crippen LogP contribution < -0.4 is 5.32 Å². The third kappa shape index (κ3) is 4.42. The number of carbonyl (C=O) groups is 3. The predicted molar refractivity (Wildman–Crippen MR) is 101 cm³/mol. The summed E-state index contributed by atoms with van der Waals surface area (Å²) >= 11 is 0. The van der Waals surface area contributed by atoms with E-state index in [0.29, 0.717) is 18.8 Å². The highest BCUT2D eigenvalue weighted by Gasteiger charge is 2.37. The highest BCUT2D eigenvalue weighted by molar-refractivity contribution is 5.89. The fourth-order valence-electron chi connectivity index (χ4n) is 3.44. The summed E-state index contributed by atoms with van der Waals surface area (Å²) in [6, 6.07) is 12.3. The SMILES string of the molecule is COC(=O)[C@H](C)[C@@H](NC(=O)[C@@H]1CC(=O)N(Cc2ccco2)C1)c1ccccc1. The van der Waals surface area contributed by atoms with Crippen LogP contribution in [-0.4, -0.2) is 36.3 Å². The van der Waals surface area contributed by atoms with Gasteiger partial charge < -0.3 is 19.4 Å². The molecule has 2 aromatic rings. The molecule has 1 fully saturated rings. The third-order valence-electron chi connectivity index (χ3n) is 5.04. The molecule has 148 valence electrons. The maximum absolute atomic E-state index is 12.9. The zero-order valence-corrected chi connectivity index (χ0v) is 16.0. The first-order valence-corrected chi connectivity index (χ1v) is 9.23. The van der Waals surface area contributed by atoms with Crippen LogP contribution in [0.2, 0.25) is 0 Å². The average molecular weight is 384 g/mol. The topological polar surface area (TPSA) is 88.8 Å². The van der Waals surface area contributed by atoms with Gasteiger partial charge in [-0.1, -0.05) is 30.3 Å². The van der Waals surface area contributed by atoms with Crippen LogP contribution in [0.5, 0.6) is 0 Å². The first-order valence-electron chi connectivity index (χ1n) is 9.23. The van der Waals surface area contributed by atoms with Crippen molar-refractivity contribution in [3.8, 4) is 0 Å². The Bertz CT molecular complexity index is 819. The number of likely N-dealkylation sites (tertiary alicyclic amines) is 1. The Morgan fingerprint density at radius 1 is 1.25 bits per heavy atom. The third-order valence-corrected chi connectivity index (χ3v) is 5.04. The molecule has 28 heavy (non-hydrogen) atoms. The summed E-state index contributed by atoms with van der Waals surface area (Å²) in [5.41, 5.74) is 0.811. The molecule has 3 atom stereocenters. The number of rotatable bonds is 7. The number of nitrogens with zero attached hydrogens (tertiary/aromatic N) is 1. The molecule has 0 spiro atoms. The van der Waals surface area contributed by atoms with Gasteiger partial charge in [-0.25, -0.2) is 0 Å². The standard InChI is InChI=1S/C21H24N2O5/c1-14(21(26)27-2)19(15-7-4-3-5-8-15)22-20(25)16-11-18(24)23(12-16)13-17-9-6-10-28-17/h3-10,14,16,19H,11-13H2,1-2H3,(H,22,25)/t14-,16-,19-/m1/s1. The number of furan rings is 1. The van der Waals surface area contributed by atoms with E-state index in [1.54, 1.807) is 30.2 Å². The van der Waals surface area contributed by atoms with Crippen LogP contribution >= 0.6 is 0 Å². The summed E-state index contributed by atoms with van der Waals surface area (Å²) in [6.07, 6.45) is 1.69. The van der Waals surface area contributed by atoms with Crippen molar-refractivity contribution in [3.05, 3.63) is 60.1 Å². The van der Waals surface area contributed by atoms with Gasteiger partial charge in [0.25, 0.3) is 0 Å². The van der Waals surface area contributed by atoms with Crippen LogP contribution in [0.4, 0.5) is 0 Å². The summed E-state index contributed by atoms with van der Waals surface area (Å²) in [5.74, 6) is -1.10. The number of carbonyl (C=O) groups excluding carboxylic acids is 3. The monoisotopic (exact) mass is 384 g/mol. The quantitative estimate of drug-likeness (QED) is 0.740. The molecule has 2 heterocycles. The van der Waals surface area contributed by atoms with Gasteiger partial charge in [0.15, 0.2) is 0 Å². The molecule has 1 aliphatic heterocycles. The zero-order chi connectivity index (χ0) is 20.1. The molecule has 1 aliphatic rings. The molecule has 0 radical (unpaired) electrons. The molecule has 0 aliphatic carbocycles. The molecule has 0 unspecified atom stereocenters. The van der Waals surface area contributed by atoms with Gasteiger partial charge in [-0.2, -0.15) is 0 Å². The summed E-state index contributed by atoms with van der Waals surface area (Å²) in [6.45, 7) is 2.38. The van der Waals surface area contributed by atoms with E-state index in [1.807, 2.05) is 30.3 Å². The molecule has 1 aromatic carbocycles. The molecular formula is C21H24N2O5. The second-order valence-electron chi connectivity index (χ2n) is 6.96. The van der Waals surface area contributed by atoms with Crippen molar-refractivity contribution in [1.29, 1.82) is 0 Å². The normalized spacial score (nSPS) is 18.6. The van der Waals surface area contributed by atoms with Gasteiger partial charge in [0.1, 0.15) is 5.76 Å². The van der Waals surface area contributed by atoms with Crippen LogP contribution in [0.15, 0.2) is 53.1 Å². The van der Waals surface area contributed by atoms with E-state index in [4.69, 9.17) is 9.15 Å². The number of esters is 1. The van der Waals surface area contributed by atoms with E-state index in [9.17, 15) is 14.4 Å². The maximum Gasteiger partial charge on any atom is 0.310 e. The van der Waals surface area contributed by atoms with Crippen molar-refractivity contribution in [3.63, 3.8) is 0 Å². The maximum atomic E-state index is 12.9. The Hall–Kier alpha value is -3.09. The van der Waals surface area contributed by atoms with Gasteiger partial charge >= 0.3 is 5.97 Å². The van der Waals surface area contributed by atoms with Crippen molar-refractivity contribution < 1.29 is 23.5 Å². The number of amides is 2. The Balaban J connectivity index is 1.69. The van der Waals surface area contributed by atoms with E-state index in [1.165, 1.54) is 7.11 Å². The van der Waals surface area contributed by atoms with E-state index in [-0.39, 0.29) is 18.2 Å². The largest absolute Gasteiger partial charge is 0.469 e. The molecule has 2 amide bonds. The van der Waals surface area contributed by atoms with Crippen molar-refractivity contribution in [2.75, 3.05) is 13.7 Å². The molecule has 7 heteroatoms. The van der Waals surface area contributed by atoms with E-state index < -0.39 is 23.8 Å². The fourth-order valence-corrected chi connectivity index (χ4v) is 3.44. The first-order chi connectivity index (χ1) is 13.5. The smallest absolute Gasteiger partial charge is 0.310 e. The highest BCUT2D eigenvalue weighted by atomic mass is 16.5. The number of hydrogen-bond donors (Lipinski definition) is 1. The second-order valence-corrected chi connectivity index (χ2v) is 6.96. The Kier molecular flexibility index (Phi) is 6.13. The van der Waals surface area contributed by atoms with Crippen LogP contribution in [0.1, 0.15) is 30.7 Å². The molecule has 1 N–H and O–H groups in total. The predicted octanol–water partition coefficient (Wildman–Crippen LogP) is 2.29. The van der Waals surface area contributed by atoms with Crippen LogP contribution in [0.3, 0.4) is 0 Å². The zero-order valence-electron chi connectivity index (χ0n) is 16.0.